The molecule has 0 spiro atoms. The highest BCUT2D eigenvalue weighted by molar-refractivity contribution is 5.97. The summed E-state index contributed by atoms with van der Waals surface area (Å²) in [7, 11) is 0. The Bertz CT molecular complexity index is 941. The molecule has 0 aliphatic carbocycles. The second kappa shape index (κ2) is 8.98. The molecular formula is C17H15N5O6. The van der Waals surface area contributed by atoms with Crippen LogP contribution < -0.4 is 10.7 Å². The summed E-state index contributed by atoms with van der Waals surface area (Å²) in [4.78, 5) is 44.2. The second-order valence-electron chi connectivity index (χ2n) is 5.59. The number of nitrogens with one attached hydrogen (secondary N) is 2. The minimum absolute atomic E-state index is 0.112. The number of carbonyl (C=O) groups is 2. The summed E-state index contributed by atoms with van der Waals surface area (Å²) in [6.07, 6.45) is 1.23. The van der Waals surface area contributed by atoms with Crippen molar-refractivity contribution in [2.75, 3.05) is 0 Å². The van der Waals surface area contributed by atoms with E-state index in [1.807, 2.05) is 0 Å². The first-order chi connectivity index (χ1) is 13.3. The molecular weight excluding hydrogens is 370 g/mol. The molecule has 2 aromatic carbocycles. The number of hydrogen-bond donors (Lipinski definition) is 2. The molecule has 0 aromatic heterocycles. The predicted molar refractivity (Wildman–Crippen MR) is 98.9 cm³/mol. The summed E-state index contributed by atoms with van der Waals surface area (Å²) in [6, 6.07) is 9.64. The highest BCUT2D eigenvalue weighted by Gasteiger charge is 2.17. The van der Waals surface area contributed by atoms with Crippen molar-refractivity contribution in [1.82, 2.24) is 10.7 Å². The fraction of sp³-hybridized carbons (Fsp3) is 0.118. The number of nitro groups is 2. The van der Waals surface area contributed by atoms with Crippen LogP contribution in [0.5, 0.6) is 0 Å². The van der Waals surface area contributed by atoms with Gasteiger partial charge in [-0.05, 0) is 19.1 Å². The molecule has 0 saturated heterocycles. The number of carbonyl (C=O) groups excluding carboxylic acids is 2. The first kappa shape index (κ1) is 20.2. The van der Waals surface area contributed by atoms with Gasteiger partial charge in [-0.25, -0.2) is 5.43 Å². The second-order valence-corrected chi connectivity index (χ2v) is 5.59. The van der Waals surface area contributed by atoms with E-state index in [-0.39, 0.29) is 16.9 Å². The van der Waals surface area contributed by atoms with Crippen LogP contribution >= 0.6 is 0 Å². The summed E-state index contributed by atoms with van der Waals surface area (Å²) in [5, 5.41) is 27.5. The van der Waals surface area contributed by atoms with E-state index in [9.17, 15) is 29.8 Å². The van der Waals surface area contributed by atoms with Crippen LogP contribution in [0.1, 0.15) is 22.8 Å². The third-order valence-electron chi connectivity index (χ3n) is 3.55. The van der Waals surface area contributed by atoms with Gasteiger partial charge in [0.2, 0.25) is 0 Å². The normalized spacial score (nSPS) is 11.6. The average molecular weight is 385 g/mol. The molecule has 0 aliphatic heterocycles. The van der Waals surface area contributed by atoms with E-state index < -0.39 is 27.7 Å². The Morgan fingerprint density at radius 1 is 1.04 bits per heavy atom. The van der Waals surface area contributed by atoms with Crippen LogP contribution in [-0.2, 0) is 4.79 Å². The number of hydrazone groups is 1. The summed E-state index contributed by atoms with van der Waals surface area (Å²) < 4.78 is 0. The lowest BCUT2D eigenvalue weighted by atomic mass is 10.2. The van der Waals surface area contributed by atoms with Gasteiger partial charge in [0.1, 0.15) is 6.04 Å². The number of nitro benzene ring substituents is 2. The maximum absolute atomic E-state index is 12.1. The van der Waals surface area contributed by atoms with Gasteiger partial charge in [-0.1, -0.05) is 12.1 Å². The average Bonchev–Trinajstić information content (AvgIpc) is 2.68. The predicted octanol–water partition coefficient (Wildman–Crippen LogP) is 1.77. The summed E-state index contributed by atoms with van der Waals surface area (Å²) >= 11 is 0. The molecule has 0 radical (unpaired) electrons. The quantitative estimate of drug-likeness (QED) is 0.420. The molecule has 11 heteroatoms. The zero-order valence-electron chi connectivity index (χ0n) is 14.6. The van der Waals surface area contributed by atoms with Crippen LogP contribution in [0.3, 0.4) is 0 Å². The summed E-state index contributed by atoms with van der Waals surface area (Å²) in [5.41, 5.74) is 2.52. The van der Waals surface area contributed by atoms with Crippen LogP contribution in [0.2, 0.25) is 0 Å². The van der Waals surface area contributed by atoms with E-state index in [4.69, 9.17) is 0 Å². The molecule has 0 aliphatic rings. The topological polar surface area (TPSA) is 157 Å². The van der Waals surface area contributed by atoms with Gasteiger partial charge in [-0.2, -0.15) is 5.10 Å². The fourth-order valence-corrected chi connectivity index (χ4v) is 2.07. The SMILES string of the molecule is C[C@@H](NC(=O)c1ccc([N+](=O)[O-])cc1)C(=O)N/N=C\c1cccc([N+](=O)[O-])c1. The van der Waals surface area contributed by atoms with E-state index in [0.29, 0.717) is 5.56 Å². The first-order valence-electron chi connectivity index (χ1n) is 7.90. The molecule has 0 unspecified atom stereocenters. The molecule has 0 heterocycles. The van der Waals surface area contributed by atoms with Crippen LogP contribution in [0.15, 0.2) is 53.6 Å². The maximum Gasteiger partial charge on any atom is 0.270 e. The van der Waals surface area contributed by atoms with Crippen molar-refractivity contribution < 1.29 is 19.4 Å². The zero-order valence-corrected chi connectivity index (χ0v) is 14.6. The first-order valence-corrected chi connectivity index (χ1v) is 7.90. The zero-order chi connectivity index (χ0) is 20.7. The summed E-state index contributed by atoms with van der Waals surface area (Å²) in [5.74, 6) is -1.20. The number of rotatable bonds is 7. The van der Waals surface area contributed by atoms with Crippen molar-refractivity contribution in [2.24, 2.45) is 5.10 Å². The molecule has 0 bridgehead atoms. The van der Waals surface area contributed by atoms with Crippen LogP contribution in [0.4, 0.5) is 11.4 Å². The number of benzene rings is 2. The van der Waals surface area contributed by atoms with Crippen molar-refractivity contribution in [2.45, 2.75) is 13.0 Å². The van der Waals surface area contributed by atoms with Crippen LogP contribution in [0.25, 0.3) is 0 Å². The molecule has 11 nitrogen and oxygen atoms in total. The Kier molecular flexibility index (Phi) is 6.47. The van der Waals surface area contributed by atoms with E-state index in [2.05, 4.69) is 15.8 Å². The third-order valence-corrected chi connectivity index (χ3v) is 3.55. The Morgan fingerprint density at radius 2 is 1.68 bits per heavy atom. The number of hydrogen-bond acceptors (Lipinski definition) is 7. The highest BCUT2D eigenvalue weighted by Crippen LogP contribution is 2.12. The van der Waals surface area contributed by atoms with Crippen molar-refractivity contribution in [1.29, 1.82) is 0 Å². The molecule has 1 atom stereocenters. The fourth-order valence-electron chi connectivity index (χ4n) is 2.07. The Morgan fingerprint density at radius 3 is 2.29 bits per heavy atom. The minimum Gasteiger partial charge on any atom is -0.340 e. The number of non-ortho nitro benzene ring substituents is 2. The largest absolute Gasteiger partial charge is 0.340 e. The van der Waals surface area contributed by atoms with E-state index >= 15 is 0 Å². The third kappa shape index (κ3) is 5.42. The number of amides is 2. The minimum atomic E-state index is -0.940. The Labute approximate surface area is 158 Å². The van der Waals surface area contributed by atoms with E-state index in [0.717, 1.165) is 0 Å². The van der Waals surface area contributed by atoms with Gasteiger partial charge in [0.05, 0.1) is 16.1 Å². The summed E-state index contributed by atoms with van der Waals surface area (Å²) in [6.45, 7) is 1.43. The Hall–Kier alpha value is -4.15. The lowest BCUT2D eigenvalue weighted by molar-refractivity contribution is -0.385. The van der Waals surface area contributed by atoms with Gasteiger partial charge in [0, 0.05) is 35.4 Å². The van der Waals surface area contributed by atoms with Gasteiger partial charge in [-0.15, -0.1) is 0 Å². The van der Waals surface area contributed by atoms with Gasteiger partial charge in [0.25, 0.3) is 23.2 Å². The van der Waals surface area contributed by atoms with Crippen LogP contribution in [-0.4, -0.2) is 33.9 Å². The lowest BCUT2D eigenvalue weighted by Crippen LogP contribution is -2.43. The van der Waals surface area contributed by atoms with Crippen molar-refractivity contribution >= 4 is 29.4 Å². The van der Waals surface area contributed by atoms with Crippen molar-refractivity contribution in [3.05, 3.63) is 79.9 Å². The maximum atomic E-state index is 12.1. The molecule has 2 aromatic rings. The molecule has 2 rings (SSSR count). The van der Waals surface area contributed by atoms with Gasteiger partial charge < -0.3 is 5.32 Å². The van der Waals surface area contributed by atoms with Gasteiger partial charge in [-0.3, -0.25) is 29.8 Å². The highest BCUT2D eigenvalue weighted by atomic mass is 16.6. The molecule has 28 heavy (non-hydrogen) atoms. The number of nitrogens with zero attached hydrogens (tertiary/aromatic N) is 3. The molecule has 2 N–H and O–H groups in total. The molecule has 0 saturated carbocycles. The molecule has 0 fully saturated rings. The lowest BCUT2D eigenvalue weighted by Gasteiger charge is -2.12. The van der Waals surface area contributed by atoms with E-state index in [1.54, 1.807) is 6.07 Å². The van der Waals surface area contributed by atoms with Crippen LogP contribution in [0, 0.1) is 20.2 Å². The molecule has 144 valence electrons. The van der Waals surface area contributed by atoms with Crippen molar-refractivity contribution in [3.63, 3.8) is 0 Å². The van der Waals surface area contributed by atoms with E-state index in [1.165, 1.54) is 55.6 Å². The Balaban J connectivity index is 1.91. The van der Waals surface area contributed by atoms with Crippen molar-refractivity contribution in [3.8, 4) is 0 Å². The smallest absolute Gasteiger partial charge is 0.270 e. The monoisotopic (exact) mass is 385 g/mol. The van der Waals surface area contributed by atoms with Gasteiger partial charge in [0.15, 0.2) is 0 Å². The molecule has 2 amide bonds. The van der Waals surface area contributed by atoms with Gasteiger partial charge >= 0.3 is 0 Å². The standard InChI is InChI=1S/C17H15N5O6/c1-11(19-17(24)13-5-7-14(8-6-13)21(25)26)16(23)20-18-10-12-3-2-4-15(9-12)22(27)28/h2-11H,1H3,(H,19,24)(H,20,23)/b18-10-/t11-/m1/s1.